The maximum atomic E-state index is 12.3. The molecule has 0 fully saturated rings. The zero-order chi connectivity index (χ0) is 20.1. The summed E-state index contributed by atoms with van der Waals surface area (Å²) in [6, 6.07) is 13.5. The number of hydrogen-bond donors (Lipinski definition) is 2. The van der Waals surface area contributed by atoms with E-state index in [1.165, 1.54) is 28.7 Å². The Hall–Kier alpha value is -2.78. The predicted molar refractivity (Wildman–Crippen MR) is 116 cm³/mol. The van der Waals surface area contributed by atoms with Crippen LogP contribution >= 0.6 is 23.1 Å². The molecule has 1 aliphatic heterocycles. The maximum absolute atomic E-state index is 12.3. The first-order valence-corrected chi connectivity index (χ1v) is 11.0. The van der Waals surface area contributed by atoms with Gasteiger partial charge in [0.25, 0.3) is 0 Å². The number of nitrogens with zero attached hydrogens (tertiary/aromatic N) is 2. The van der Waals surface area contributed by atoms with Crippen LogP contribution in [0.1, 0.15) is 12.0 Å². The number of fused-ring (bicyclic) bond motifs is 1. The Balaban J connectivity index is 1.30. The number of aromatic nitrogens is 2. The first-order valence-electron chi connectivity index (χ1n) is 9.15. The molecule has 150 valence electrons. The molecule has 1 amide bonds. The van der Waals surface area contributed by atoms with Crippen molar-refractivity contribution in [1.82, 2.24) is 10.2 Å². The van der Waals surface area contributed by atoms with Crippen LogP contribution in [0, 0.1) is 6.92 Å². The molecule has 0 saturated carbocycles. The van der Waals surface area contributed by atoms with Crippen molar-refractivity contribution in [2.45, 2.75) is 17.7 Å². The summed E-state index contributed by atoms with van der Waals surface area (Å²) in [5, 5.41) is 15.1. The van der Waals surface area contributed by atoms with Gasteiger partial charge in [-0.1, -0.05) is 35.2 Å². The van der Waals surface area contributed by atoms with Crippen LogP contribution in [-0.4, -0.2) is 35.1 Å². The minimum Gasteiger partial charge on any atom is -0.490 e. The van der Waals surface area contributed by atoms with Gasteiger partial charge in [-0.25, -0.2) is 0 Å². The highest BCUT2D eigenvalue weighted by Crippen LogP contribution is 2.32. The summed E-state index contributed by atoms with van der Waals surface area (Å²) < 4.78 is 12.0. The number of aryl methyl sites for hydroxylation is 1. The quantitative estimate of drug-likeness (QED) is 0.560. The number of carbonyl (C=O) groups is 1. The highest BCUT2D eigenvalue weighted by molar-refractivity contribution is 8.01. The van der Waals surface area contributed by atoms with Gasteiger partial charge in [-0.3, -0.25) is 4.79 Å². The summed E-state index contributed by atoms with van der Waals surface area (Å²) in [7, 11) is 0. The zero-order valence-corrected chi connectivity index (χ0v) is 17.4. The molecule has 0 aliphatic carbocycles. The molecule has 7 nitrogen and oxygen atoms in total. The molecule has 29 heavy (non-hydrogen) atoms. The van der Waals surface area contributed by atoms with E-state index in [1.807, 2.05) is 43.3 Å². The molecular formula is C20H20N4O3S2. The van der Waals surface area contributed by atoms with Gasteiger partial charge in [0.2, 0.25) is 11.0 Å². The van der Waals surface area contributed by atoms with Gasteiger partial charge in [0.1, 0.15) is 0 Å². The maximum Gasteiger partial charge on any atom is 0.234 e. The average Bonchev–Trinajstić information content (AvgIpc) is 3.01. The highest BCUT2D eigenvalue weighted by Gasteiger charge is 2.13. The highest BCUT2D eigenvalue weighted by atomic mass is 32.2. The molecule has 0 bridgehead atoms. The van der Waals surface area contributed by atoms with E-state index in [1.54, 1.807) is 6.07 Å². The number of hydrogen-bond acceptors (Lipinski definition) is 8. The van der Waals surface area contributed by atoms with E-state index in [2.05, 4.69) is 20.8 Å². The SMILES string of the molecule is Cc1cccc(Nc2nnc(SCC(=O)Nc3ccc4c(c3)OCCCO4)s2)c1. The number of rotatable bonds is 6. The number of ether oxygens (including phenoxy) is 2. The third-order valence-corrected chi connectivity index (χ3v) is 6.01. The van der Waals surface area contributed by atoms with Crippen LogP contribution in [0.3, 0.4) is 0 Å². The largest absolute Gasteiger partial charge is 0.490 e. The molecule has 0 saturated heterocycles. The molecule has 2 aromatic carbocycles. The predicted octanol–water partition coefficient (Wildman–Crippen LogP) is 4.48. The monoisotopic (exact) mass is 428 g/mol. The summed E-state index contributed by atoms with van der Waals surface area (Å²) in [4.78, 5) is 12.3. The fourth-order valence-corrected chi connectivity index (χ4v) is 4.30. The van der Waals surface area contributed by atoms with Crippen LogP contribution in [0.4, 0.5) is 16.5 Å². The second kappa shape index (κ2) is 9.15. The Bertz CT molecular complexity index is 1010. The second-order valence-corrected chi connectivity index (χ2v) is 8.62. The van der Waals surface area contributed by atoms with Crippen molar-refractivity contribution in [2.75, 3.05) is 29.6 Å². The van der Waals surface area contributed by atoms with E-state index in [0.29, 0.717) is 35.5 Å². The van der Waals surface area contributed by atoms with E-state index in [9.17, 15) is 4.79 Å². The summed E-state index contributed by atoms with van der Waals surface area (Å²) in [5.74, 6) is 1.49. The molecule has 1 aromatic heterocycles. The zero-order valence-electron chi connectivity index (χ0n) is 15.8. The third kappa shape index (κ3) is 5.39. The van der Waals surface area contributed by atoms with Gasteiger partial charge < -0.3 is 20.1 Å². The first-order chi connectivity index (χ1) is 14.2. The van der Waals surface area contributed by atoms with Crippen LogP contribution in [0.25, 0.3) is 0 Å². The first kappa shape index (κ1) is 19.5. The van der Waals surface area contributed by atoms with E-state index in [4.69, 9.17) is 9.47 Å². The van der Waals surface area contributed by atoms with Crippen molar-refractivity contribution in [3.63, 3.8) is 0 Å². The summed E-state index contributed by atoms with van der Waals surface area (Å²) in [5.41, 5.74) is 2.81. The Morgan fingerprint density at radius 1 is 1.10 bits per heavy atom. The number of anilines is 3. The van der Waals surface area contributed by atoms with Crippen molar-refractivity contribution in [3.8, 4) is 11.5 Å². The fourth-order valence-electron chi connectivity index (χ4n) is 2.73. The van der Waals surface area contributed by atoms with Gasteiger partial charge in [-0.15, -0.1) is 10.2 Å². The Morgan fingerprint density at radius 3 is 2.83 bits per heavy atom. The number of amides is 1. The van der Waals surface area contributed by atoms with E-state index in [-0.39, 0.29) is 11.7 Å². The topological polar surface area (TPSA) is 85.4 Å². The molecule has 9 heteroatoms. The van der Waals surface area contributed by atoms with Crippen molar-refractivity contribution in [3.05, 3.63) is 48.0 Å². The number of thioether (sulfide) groups is 1. The summed E-state index contributed by atoms with van der Waals surface area (Å²) >= 11 is 2.77. The average molecular weight is 429 g/mol. The number of carbonyl (C=O) groups excluding carboxylic acids is 1. The molecule has 3 aromatic rings. The van der Waals surface area contributed by atoms with Crippen molar-refractivity contribution in [2.24, 2.45) is 0 Å². The van der Waals surface area contributed by atoms with Gasteiger partial charge in [0, 0.05) is 23.9 Å². The molecular weight excluding hydrogens is 408 g/mol. The van der Waals surface area contributed by atoms with Crippen LogP contribution in [0.2, 0.25) is 0 Å². The summed E-state index contributed by atoms with van der Waals surface area (Å²) in [6.45, 7) is 3.28. The van der Waals surface area contributed by atoms with E-state index >= 15 is 0 Å². The van der Waals surface area contributed by atoms with Crippen molar-refractivity contribution >= 4 is 45.5 Å². The van der Waals surface area contributed by atoms with Gasteiger partial charge in [0.05, 0.1) is 19.0 Å². The molecule has 2 N–H and O–H groups in total. The molecule has 2 heterocycles. The minimum absolute atomic E-state index is 0.118. The number of benzene rings is 2. The lowest BCUT2D eigenvalue weighted by Gasteiger charge is -2.10. The van der Waals surface area contributed by atoms with Crippen LogP contribution in [0.15, 0.2) is 46.8 Å². The van der Waals surface area contributed by atoms with Crippen LogP contribution < -0.4 is 20.1 Å². The molecule has 4 rings (SSSR count). The van der Waals surface area contributed by atoms with Crippen LogP contribution in [-0.2, 0) is 4.79 Å². The molecule has 0 unspecified atom stereocenters. The molecule has 0 atom stereocenters. The van der Waals surface area contributed by atoms with Gasteiger partial charge in [-0.05, 0) is 36.8 Å². The standard InChI is InChI=1S/C20H20N4O3S2/c1-13-4-2-5-14(10-13)22-19-23-24-20(29-19)28-12-18(25)21-15-6-7-16-17(11-15)27-9-3-8-26-16/h2,4-7,10-11H,3,8-9,12H2,1H3,(H,21,25)(H,22,23). The Kier molecular flexibility index (Phi) is 6.16. The lowest BCUT2D eigenvalue weighted by atomic mass is 10.2. The number of nitrogens with one attached hydrogen (secondary N) is 2. The third-order valence-electron chi connectivity index (χ3n) is 4.03. The van der Waals surface area contributed by atoms with Gasteiger partial charge in [-0.2, -0.15) is 0 Å². The smallest absolute Gasteiger partial charge is 0.234 e. The van der Waals surface area contributed by atoms with Crippen LogP contribution in [0.5, 0.6) is 11.5 Å². The van der Waals surface area contributed by atoms with Gasteiger partial charge >= 0.3 is 0 Å². The normalized spacial score (nSPS) is 12.9. The lowest BCUT2D eigenvalue weighted by Crippen LogP contribution is -2.14. The Morgan fingerprint density at radius 2 is 1.97 bits per heavy atom. The molecule has 0 radical (unpaired) electrons. The fraction of sp³-hybridized carbons (Fsp3) is 0.250. The van der Waals surface area contributed by atoms with Gasteiger partial charge in [0.15, 0.2) is 15.8 Å². The summed E-state index contributed by atoms with van der Waals surface area (Å²) in [6.07, 6.45) is 0.843. The minimum atomic E-state index is -0.118. The van der Waals surface area contributed by atoms with Crippen molar-refractivity contribution < 1.29 is 14.3 Å². The molecule has 1 aliphatic rings. The van der Waals surface area contributed by atoms with E-state index in [0.717, 1.165) is 16.4 Å². The van der Waals surface area contributed by atoms with Crippen molar-refractivity contribution in [1.29, 1.82) is 0 Å². The lowest BCUT2D eigenvalue weighted by molar-refractivity contribution is -0.113. The Labute approximate surface area is 176 Å². The second-order valence-electron chi connectivity index (χ2n) is 6.42. The van der Waals surface area contributed by atoms with E-state index < -0.39 is 0 Å². The molecule has 0 spiro atoms.